The average Bonchev–Trinajstić information content (AvgIpc) is 3.15. The van der Waals surface area contributed by atoms with Gasteiger partial charge in [-0.1, -0.05) is 35.5 Å². The van der Waals surface area contributed by atoms with Gasteiger partial charge in [0.2, 0.25) is 11.7 Å². The van der Waals surface area contributed by atoms with Crippen molar-refractivity contribution < 1.29 is 9.26 Å². The summed E-state index contributed by atoms with van der Waals surface area (Å²) < 4.78 is 11.5. The highest BCUT2D eigenvalue weighted by Gasteiger charge is 2.57. The van der Waals surface area contributed by atoms with Gasteiger partial charge in [0.1, 0.15) is 11.5 Å². The largest absolute Gasteiger partial charge is 0.457 e. The predicted octanol–water partition coefficient (Wildman–Crippen LogP) is 4.39. The molecule has 1 aliphatic carbocycles. The molecule has 1 atom stereocenters. The average molecular weight is 347 g/mol. The van der Waals surface area contributed by atoms with Gasteiger partial charge in [-0.25, -0.2) is 0 Å². The molecule has 3 aromatic rings. The van der Waals surface area contributed by atoms with Gasteiger partial charge in [0.05, 0.1) is 0 Å². The Hall–Kier alpha value is -2.66. The minimum Gasteiger partial charge on any atom is -0.457 e. The molecule has 5 heteroatoms. The maximum absolute atomic E-state index is 5.90. The van der Waals surface area contributed by atoms with Crippen molar-refractivity contribution in [2.75, 3.05) is 13.1 Å². The smallest absolute Gasteiger partial charge is 0.230 e. The van der Waals surface area contributed by atoms with Crippen molar-refractivity contribution in [2.24, 2.45) is 5.41 Å². The molecule has 26 heavy (non-hydrogen) atoms. The summed E-state index contributed by atoms with van der Waals surface area (Å²) in [6.45, 7) is 2.19. The summed E-state index contributed by atoms with van der Waals surface area (Å²) in [5.74, 6) is 3.42. The third-order valence-electron chi connectivity index (χ3n) is 5.60. The van der Waals surface area contributed by atoms with Crippen molar-refractivity contribution in [3.05, 3.63) is 60.5 Å². The number of nitrogens with zero attached hydrogens (tertiary/aromatic N) is 2. The van der Waals surface area contributed by atoms with E-state index in [9.17, 15) is 0 Å². The summed E-state index contributed by atoms with van der Waals surface area (Å²) in [5.41, 5.74) is 1.31. The Labute approximate surface area is 152 Å². The minimum absolute atomic E-state index is 0.396. The van der Waals surface area contributed by atoms with Crippen LogP contribution in [0, 0.1) is 5.41 Å². The number of para-hydroxylation sites is 1. The molecular weight excluding hydrogens is 326 g/mol. The predicted molar refractivity (Wildman–Crippen MR) is 98.1 cm³/mol. The lowest BCUT2D eigenvalue weighted by atomic mass is 9.92. The first-order valence-electron chi connectivity index (χ1n) is 9.20. The molecule has 2 aliphatic rings. The standard InChI is InChI=1S/C21H21N3O2/c1-2-6-16(7-3-1)25-17-8-4-5-15(13-17)19-23-20(26-24-19)18-14-21(18)9-11-22-12-10-21/h1-8,13,18,22H,9-12,14H2. The van der Waals surface area contributed by atoms with E-state index in [2.05, 4.69) is 15.5 Å². The Kier molecular flexibility index (Phi) is 3.75. The fraction of sp³-hybridized carbons (Fsp3) is 0.333. The van der Waals surface area contributed by atoms with Gasteiger partial charge in [-0.2, -0.15) is 4.98 Å². The molecule has 2 fully saturated rings. The second-order valence-corrected chi connectivity index (χ2v) is 7.27. The third kappa shape index (κ3) is 2.88. The van der Waals surface area contributed by atoms with Gasteiger partial charge in [-0.3, -0.25) is 0 Å². The van der Waals surface area contributed by atoms with E-state index in [1.807, 2.05) is 54.6 Å². The van der Waals surface area contributed by atoms with Crippen LogP contribution in [0.3, 0.4) is 0 Å². The molecule has 5 rings (SSSR count). The fourth-order valence-corrected chi connectivity index (χ4v) is 3.99. The van der Waals surface area contributed by atoms with Gasteiger partial charge >= 0.3 is 0 Å². The van der Waals surface area contributed by atoms with Crippen LogP contribution in [-0.2, 0) is 0 Å². The fourth-order valence-electron chi connectivity index (χ4n) is 3.99. The highest BCUT2D eigenvalue weighted by molar-refractivity contribution is 5.57. The van der Waals surface area contributed by atoms with Crippen LogP contribution < -0.4 is 10.1 Å². The van der Waals surface area contributed by atoms with Crippen LogP contribution in [0.25, 0.3) is 11.4 Å². The molecule has 2 aromatic carbocycles. The van der Waals surface area contributed by atoms with Gasteiger partial charge in [-0.05, 0) is 62.0 Å². The Morgan fingerprint density at radius 1 is 1.00 bits per heavy atom. The number of rotatable bonds is 4. The van der Waals surface area contributed by atoms with Gasteiger partial charge in [0, 0.05) is 11.5 Å². The van der Waals surface area contributed by atoms with Crippen molar-refractivity contribution in [3.63, 3.8) is 0 Å². The van der Waals surface area contributed by atoms with Gasteiger partial charge in [-0.15, -0.1) is 0 Å². The van der Waals surface area contributed by atoms with E-state index in [1.54, 1.807) is 0 Å². The van der Waals surface area contributed by atoms with E-state index in [1.165, 1.54) is 19.3 Å². The van der Waals surface area contributed by atoms with Crippen molar-refractivity contribution in [2.45, 2.75) is 25.2 Å². The Balaban J connectivity index is 1.35. The highest BCUT2D eigenvalue weighted by atomic mass is 16.5. The van der Waals surface area contributed by atoms with Gasteiger partial charge < -0.3 is 14.6 Å². The Morgan fingerprint density at radius 2 is 1.81 bits per heavy atom. The van der Waals surface area contributed by atoms with E-state index < -0.39 is 0 Å². The molecule has 5 nitrogen and oxygen atoms in total. The molecule has 1 saturated carbocycles. The molecule has 1 N–H and O–H groups in total. The molecule has 1 aromatic heterocycles. The molecule has 1 aliphatic heterocycles. The van der Waals surface area contributed by atoms with Crippen LogP contribution in [0.4, 0.5) is 0 Å². The normalized spacial score (nSPS) is 20.8. The zero-order valence-electron chi connectivity index (χ0n) is 14.5. The lowest BCUT2D eigenvalue weighted by Crippen LogP contribution is -2.29. The highest BCUT2D eigenvalue weighted by Crippen LogP contribution is 2.63. The van der Waals surface area contributed by atoms with Crippen LogP contribution in [-0.4, -0.2) is 23.2 Å². The third-order valence-corrected chi connectivity index (χ3v) is 5.60. The van der Waals surface area contributed by atoms with Crippen molar-refractivity contribution >= 4 is 0 Å². The first-order chi connectivity index (χ1) is 12.8. The van der Waals surface area contributed by atoms with E-state index in [4.69, 9.17) is 9.26 Å². The summed E-state index contributed by atoms with van der Waals surface area (Å²) in [6, 6.07) is 17.6. The second-order valence-electron chi connectivity index (χ2n) is 7.27. The first kappa shape index (κ1) is 15.6. The zero-order valence-corrected chi connectivity index (χ0v) is 14.5. The number of nitrogens with one attached hydrogen (secondary N) is 1. The Bertz CT molecular complexity index is 900. The molecule has 0 bridgehead atoms. The monoisotopic (exact) mass is 347 g/mol. The number of ether oxygens (including phenoxy) is 1. The number of piperidine rings is 1. The van der Waals surface area contributed by atoms with Gasteiger partial charge in [0.15, 0.2) is 0 Å². The summed E-state index contributed by atoms with van der Waals surface area (Å²) in [6.07, 6.45) is 3.58. The first-order valence-corrected chi connectivity index (χ1v) is 9.20. The van der Waals surface area contributed by atoms with Gasteiger partial charge in [0.25, 0.3) is 0 Å². The lowest BCUT2D eigenvalue weighted by molar-refractivity contribution is 0.311. The SMILES string of the molecule is c1ccc(Oc2cccc(-c3noc(C4CC45CCNCC5)n3)c2)cc1. The van der Waals surface area contributed by atoms with Crippen LogP contribution in [0.15, 0.2) is 59.1 Å². The molecule has 2 heterocycles. The minimum atomic E-state index is 0.396. The molecule has 1 unspecified atom stereocenters. The summed E-state index contributed by atoms with van der Waals surface area (Å²) >= 11 is 0. The summed E-state index contributed by atoms with van der Waals surface area (Å²) in [4.78, 5) is 4.69. The topological polar surface area (TPSA) is 60.2 Å². The number of benzene rings is 2. The molecule has 0 amide bonds. The maximum Gasteiger partial charge on any atom is 0.230 e. The van der Waals surface area contributed by atoms with E-state index in [0.717, 1.165) is 36.0 Å². The van der Waals surface area contributed by atoms with Crippen LogP contribution in [0.1, 0.15) is 31.1 Å². The number of hydrogen-bond acceptors (Lipinski definition) is 5. The van der Waals surface area contributed by atoms with Crippen molar-refractivity contribution in [1.82, 2.24) is 15.5 Å². The second kappa shape index (κ2) is 6.25. The van der Waals surface area contributed by atoms with Crippen LogP contribution in [0.2, 0.25) is 0 Å². The zero-order chi connectivity index (χ0) is 17.4. The summed E-state index contributed by atoms with van der Waals surface area (Å²) in [5, 5.41) is 7.65. The van der Waals surface area contributed by atoms with Crippen molar-refractivity contribution in [3.8, 4) is 22.9 Å². The lowest BCUT2D eigenvalue weighted by Gasteiger charge is -2.22. The van der Waals surface area contributed by atoms with Crippen molar-refractivity contribution in [1.29, 1.82) is 0 Å². The molecular formula is C21H21N3O2. The van der Waals surface area contributed by atoms with Crippen LogP contribution >= 0.6 is 0 Å². The number of hydrogen-bond donors (Lipinski definition) is 1. The van der Waals surface area contributed by atoms with E-state index >= 15 is 0 Å². The molecule has 1 saturated heterocycles. The Morgan fingerprint density at radius 3 is 2.65 bits per heavy atom. The van der Waals surface area contributed by atoms with Crippen LogP contribution in [0.5, 0.6) is 11.5 Å². The molecule has 0 radical (unpaired) electrons. The number of aromatic nitrogens is 2. The maximum atomic E-state index is 5.90. The molecule has 132 valence electrons. The molecule has 1 spiro atoms. The summed E-state index contributed by atoms with van der Waals surface area (Å²) in [7, 11) is 0. The quantitative estimate of drug-likeness (QED) is 0.759. The van der Waals surface area contributed by atoms with E-state index in [-0.39, 0.29) is 0 Å². The van der Waals surface area contributed by atoms with E-state index in [0.29, 0.717) is 17.2 Å².